The van der Waals surface area contributed by atoms with E-state index in [-0.39, 0.29) is 17.1 Å². The SMILES string of the molecule is CCNC(=O)COC(=O)c1cccnc1Nc1cccc(C(F)(F)F)c1. The van der Waals surface area contributed by atoms with Crippen LogP contribution in [0, 0.1) is 0 Å². The zero-order valence-corrected chi connectivity index (χ0v) is 13.8. The van der Waals surface area contributed by atoms with Crippen molar-refractivity contribution in [3.63, 3.8) is 0 Å². The average molecular weight is 367 g/mol. The van der Waals surface area contributed by atoms with Gasteiger partial charge in [0.2, 0.25) is 0 Å². The van der Waals surface area contributed by atoms with Crippen molar-refractivity contribution in [2.45, 2.75) is 13.1 Å². The third kappa shape index (κ3) is 5.20. The number of halogens is 3. The van der Waals surface area contributed by atoms with E-state index in [1.165, 1.54) is 30.5 Å². The predicted octanol–water partition coefficient (Wildman–Crippen LogP) is 3.14. The lowest BCUT2D eigenvalue weighted by Gasteiger charge is -2.12. The van der Waals surface area contributed by atoms with E-state index in [1.54, 1.807) is 6.92 Å². The molecule has 0 aliphatic carbocycles. The summed E-state index contributed by atoms with van der Waals surface area (Å²) in [4.78, 5) is 27.4. The van der Waals surface area contributed by atoms with Crippen LogP contribution in [-0.4, -0.2) is 30.0 Å². The number of ether oxygens (including phenoxy) is 1. The number of hydrogen-bond donors (Lipinski definition) is 2. The Morgan fingerprint density at radius 3 is 2.65 bits per heavy atom. The number of hydrogen-bond acceptors (Lipinski definition) is 5. The fourth-order valence-electron chi connectivity index (χ4n) is 2.04. The zero-order chi connectivity index (χ0) is 19.2. The molecule has 0 saturated carbocycles. The third-order valence-corrected chi connectivity index (χ3v) is 3.19. The monoisotopic (exact) mass is 367 g/mol. The van der Waals surface area contributed by atoms with Gasteiger partial charge in [-0.1, -0.05) is 6.07 Å². The maximum atomic E-state index is 12.8. The van der Waals surface area contributed by atoms with Crippen LogP contribution in [0.4, 0.5) is 24.7 Å². The van der Waals surface area contributed by atoms with E-state index in [1.807, 2.05) is 0 Å². The van der Waals surface area contributed by atoms with Crippen LogP contribution in [0.15, 0.2) is 42.6 Å². The van der Waals surface area contributed by atoms with Gasteiger partial charge < -0.3 is 15.4 Å². The second-order valence-corrected chi connectivity index (χ2v) is 5.13. The molecule has 2 N–H and O–H groups in total. The zero-order valence-electron chi connectivity index (χ0n) is 13.8. The number of aromatic nitrogens is 1. The fourth-order valence-corrected chi connectivity index (χ4v) is 2.04. The molecular formula is C17H16F3N3O3. The number of amides is 1. The summed E-state index contributed by atoms with van der Waals surface area (Å²) in [5.74, 6) is -1.26. The summed E-state index contributed by atoms with van der Waals surface area (Å²) in [6.07, 6.45) is -3.12. The molecular weight excluding hydrogens is 351 g/mol. The summed E-state index contributed by atoms with van der Waals surface area (Å²) in [5, 5.41) is 5.14. The first-order valence-electron chi connectivity index (χ1n) is 7.64. The Hall–Kier alpha value is -3.10. The standard InChI is InChI=1S/C17H16F3N3O3/c1-2-21-14(24)10-26-16(25)13-7-4-8-22-15(13)23-12-6-3-5-11(9-12)17(18,19)20/h3-9H,2,10H2,1H3,(H,21,24)(H,22,23). The van der Waals surface area contributed by atoms with Crippen molar-refractivity contribution in [1.29, 1.82) is 0 Å². The number of carbonyl (C=O) groups excluding carboxylic acids is 2. The Kier molecular flexibility index (Phi) is 6.16. The minimum absolute atomic E-state index is 0.00536. The first-order chi connectivity index (χ1) is 12.3. The molecule has 2 rings (SSSR count). The van der Waals surface area contributed by atoms with Crippen LogP contribution in [0.5, 0.6) is 0 Å². The van der Waals surface area contributed by atoms with E-state index in [0.717, 1.165) is 12.1 Å². The third-order valence-electron chi connectivity index (χ3n) is 3.19. The Labute approximate surface area is 147 Å². The summed E-state index contributed by atoms with van der Waals surface area (Å²) in [5.41, 5.74) is -0.732. The van der Waals surface area contributed by atoms with Gasteiger partial charge in [0.05, 0.1) is 5.56 Å². The molecule has 0 radical (unpaired) electrons. The smallest absolute Gasteiger partial charge is 0.416 e. The molecule has 0 spiro atoms. The first-order valence-corrected chi connectivity index (χ1v) is 7.64. The van der Waals surface area contributed by atoms with Gasteiger partial charge in [-0.15, -0.1) is 0 Å². The van der Waals surface area contributed by atoms with Crippen LogP contribution in [0.2, 0.25) is 0 Å². The van der Waals surface area contributed by atoms with Gasteiger partial charge in [-0.2, -0.15) is 13.2 Å². The summed E-state index contributed by atoms with van der Waals surface area (Å²) in [6.45, 7) is 1.65. The van der Waals surface area contributed by atoms with Crippen molar-refractivity contribution in [3.8, 4) is 0 Å². The number of rotatable bonds is 6. The quantitative estimate of drug-likeness (QED) is 0.767. The molecule has 0 bridgehead atoms. The second kappa shape index (κ2) is 8.32. The molecule has 138 valence electrons. The summed E-state index contributed by atoms with van der Waals surface area (Å²) >= 11 is 0. The number of likely N-dealkylation sites (N-methyl/N-ethyl adjacent to an activating group) is 1. The lowest BCUT2D eigenvalue weighted by Crippen LogP contribution is -2.28. The average Bonchev–Trinajstić information content (AvgIpc) is 2.60. The molecule has 1 aromatic heterocycles. The Bertz CT molecular complexity index is 794. The molecule has 1 aromatic carbocycles. The van der Waals surface area contributed by atoms with Gasteiger partial charge in [-0.25, -0.2) is 9.78 Å². The van der Waals surface area contributed by atoms with Crippen molar-refractivity contribution < 1.29 is 27.5 Å². The Morgan fingerprint density at radius 1 is 1.19 bits per heavy atom. The number of alkyl halides is 3. The lowest BCUT2D eigenvalue weighted by atomic mass is 10.2. The number of benzene rings is 1. The molecule has 9 heteroatoms. The summed E-state index contributed by atoms with van der Waals surface area (Å²) in [6, 6.07) is 7.35. The molecule has 0 atom stereocenters. The lowest BCUT2D eigenvalue weighted by molar-refractivity contribution is -0.137. The molecule has 0 saturated heterocycles. The number of pyridine rings is 1. The minimum Gasteiger partial charge on any atom is -0.452 e. The van der Waals surface area contributed by atoms with Crippen LogP contribution in [0.1, 0.15) is 22.8 Å². The highest BCUT2D eigenvalue weighted by atomic mass is 19.4. The van der Waals surface area contributed by atoms with Crippen molar-refractivity contribution in [2.24, 2.45) is 0 Å². The molecule has 1 amide bonds. The number of esters is 1. The van der Waals surface area contributed by atoms with Crippen molar-refractivity contribution in [3.05, 3.63) is 53.7 Å². The number of nitrogens with zero attached hydrogens (tertiary/aromatic N) is 1. The highest BCUT2D eigenvalue weighted by molar-refractivity contribution is 5.96. The predicted molar refractivity (Wildman–Crippen MR) is 87.9 cm³/mol. The maximum absolute atomic E-state index is 12.8. The van der Waals surface area contributed by atoms with Crippen LogP contribution in [-0.2, 0) is 15.7 Å². The largest absolute Gasteiger partial charge is 0.452 e. The number of carbonyl (C=O) groups is 2. The molecule has 0 fully saturated rings. The van der Waals surface area contributed by atoms with Gasteiger partial charge in [-0.05, 0) is 37.3 Å². The molecule has 2 aromatic rings. The number of anilines is 2. The molecule has 1 heterocycles. The van der Waals surface area contributed by atoms with E-state index in [4.69, 9.17) is 4.74 Å². The van der Waals surface area contributed by atoms with Crippen molar-refractivity contribution in [1.82, 2.24) is 10.3 Å². The second-order valence-electron chi connectivity index (χ2n) is 5.13. The van der Waals surface area contributed by atoms with E-state index < -0.39 is 30.2 Å². The van der Waals surface area contributed by atoms with E-state index in [2.05, 4.69) is 15.6 Å². The van der Waals surface area contributed by atoms with Crippen LogP contribution in [0.3, 0.4) is 0 Å². The van der Waals surface area contributed by atoms with Gasteiger partial charge in [0.1, 0.15) is 11.4 Å². The van der Waals surface area contributed by atoms with Gasteiger partial charge >= 0.3 is 12.1 Å². The van der Waals surface area contributed by atoms with Gasteiger partial charge in [0.25, 0.3) is 5.91 Å². The first kappa shape index (κ1) is 19.2. The number of nitrogens with one attached hydrogen (secondary N) is 2. The Morgan fingerprint density at radius 2 is 1.96 bits per heavy atom. The van der Waals surface area contributed by atoms with Gasteiger partial charge in [0.15, 0.2) is 6.61 Å². The highest BCUT2D eigenvalue weighted by Crippen LogP contribution is 2.31. The highest BCUT2D eigenvalue weighted by Gasteiger charge is 2.30. The van der Waals surface area contributed by atoms with E-state index >= 15 is 0 Å². The van der Waals surface area contributed by atoms with Crippen LogP contribution in [0.25, 0.3) is 0 Å². The molecule has 26 heavy (non-hydrogen) atoms. The van der Waals surface area contributed by atoms with Crippen molar-refractivity contribution in [2.75, 3.05) is 18.5 Å². The summed E-state index contributed by atoms with van der Waals surface area (Å²) < 4.78 is 43.3. The van der Waals surface area contributed by atoms with Crippen molar-refractivity contribution >= 4 is 23.4 Å². The van der Waals surface area contributed by atoms with Gasteiger partial charge in [0, 0.05) is 18.4 Å². The van der Waals surface area contributed by atoms with Crippen LogP contribution >= 0.6 is 0 Å². The van der Waals surface area contributed by atoms with Gasteiger partial charge in [-0.3, -0.25) is 4.79 Å². The topological polar surface area (TPSA) is 80.3 Å². The molecule has 0 aliphatic heterocycles. The normalized spacial score (nSPS) is 10.9. The summed E-state index contributed by atoms with van der Waals surface area (Å²) in [7, 11) is 0. The van der Waals surface area contributed by atoms with Crippen LogP contribution < -0.4 is 10.6 Å². The Balaban J connectivity index is 2.16. The molecule has 0 unspecified atom stereocenters. The van der Waals surface area contributed by atoms with E-state index in [9.17, 15) is 22.8 Å². The minimum atomic E-state index is -4.49. The fraction of sp³-hybridized carbons (Fsp3) is 0.235. The molecule has 0 aliphatic rings. The molecule has 6 nitrogen and oxygen atoms in total. The van der Waals surface area contributed by atoms with E-state index in [0.29, 0.717) is 6.54 Å². The maximum Gasteiger partial charge on any atom is 0.416 e.